The van der Waals surface area contributed by atoms with Crippen molar-refractivity contribution in [3.8, 4) is 6.07 Å². The molecule has 0 aromatic heterocycles. The van der Waals surface area contributed by atoms with Crippen molar-refractivity contribution < 1.29 is 9.53 Å². The van der Waals surface area contributed by atoms with Gasteiger partial charge in [-0.15, -0.1) is 0 Å². The lowest BCUT2D eigenvalue weighted by atomic mass is 9.77. The summed E-state index contributed by atoms with van der Waals surface area (Å²) in [6, 6.07) is 2.32. The lowest BCUT2D eigenvalue weighted by Crippen LogP contribution is -2.56. The van der Waals surface area contributed by atoms with E-state index in [1.807, 2.05) is 18.7 Å². The number of ether oxygens (including phenoxy) is 1. The molecule has 0 N–H and O–H groups in total. The average molecular weight is 279 g/mol. The molecule has 2 fully saturated rings. The Labute approximate surface area is 121 Å². The number of piperazine rings is 1. The second kappa shape index (κ2) is 5.71. The van der Waals surface area contributed by atoms with Gasteiger partial charge in [0.15, 0.2) is 0 Å². The summed E-state index contributed by atoms with van der Waals surface area (Å²) in [7, 11) is 1.71. The Morgan fingerprint density at radius 2 is 1.90 bits per heavy atom. The van der Waals surface area contributed by atoms with E-state index in [0.717, 1.165) is 32.4 Å². The summed E-state index contributed by atoms with van der Waals surface area (Å²) in [6.07, 6.45) is 3.66. The van der Waals surface area contributed by atoms with Crippen LogP contribution in [0.3, 0.4) is 0 Å². The van der Waals surface area contributed by atoms with E-state index in [1.54, 1.807) is 7.11 Å². The molecule has 112 valence electrons. The lowest BCUT2D eigenvalue weighted by molar-refractivity contribution is -0.146. The van der Waals surface area contributed by atoms with Gasteiger partial charge in [0.1, 0.15) is 5.54 Å². The predicted molar refractivity (Wildman–Crippen MR) is 76.1 cm³/mol. The Morgan fingerprint density at radius 3 is 2.30 bits per heavy atom. The molecule has 1 aliphatic heterocycles. The number of rotatable bonds is 4. The Balaban J connectivity index is 1.85. The zero-order valence-electron chi connectivity index (χ0n) is 12.8. The molecule has 0 aromatic carbocycles. The van der Waals surface area contributed by atoms with E-state index in [9.17, 15) is 4.79 Å². The number of nitrogens with zero attached hydrogens (tertiary/aromatic N) is 3. The Bertz CT molecular complexity index is 396. The molecule has 2 aliphatic rings. The predicted octanol–water partition coefficient (Wildman–Crippen LogP) is 1.39. The normalized spacial score (nSPS) is 23.0. The summed E-state index contributed by atoms with van der Waals surface area (Å²) in [4.78, 5) is 16.4. The fourth-order valence-electron chi connectivity index (χ4n) is 3.00. The number of carbonyl (C=O) groups is 1. The SMILES string of the molecule is COC1(CC(=O)N2CCN(C(C)(C)C#N)CC2)CCC1. The third-order valence-electron chi connectivity index (χ3n) is 4.87. The van der Waals surface area contributed by atoms with Gasteiger partial charge in [-0.2, -0.15) is 5.26 Å². The molecule has 0 radical (unpaired) electrons. The molecule has 1 saturated carbocycles. The van der Waals surface area contributed by atoms with Crippen LogP contribution in [0, 0.1) is 11.3 Å². The van der Waals surface area contributed by atoms with Crippen LogP contribution in [-0.4, -0.2) is 60.1 Å². The average Bonchev–Trinajstić information content (AvgIpc) is 2.42. The second-order valence-corrected chi connectivity index (χ2v) is 6.46. The molecule has 5 heteroatoms. The highest BCUT2D eigenvalue weighted by atomic mass is 16.5. The van der Waals surface area contributed by atoms with Crippen molar-refractivity contribution in [1.82, 2.24) is 9.80 Å². The van der Waals surface area contributed by atoms with Crippen molar-refractivity contribution in [2.24, 2.45) is 0 Å². The molecule has 0 spiro atoms. The summed E-state index contributed by atoms with van der Waals surface area (Å²) in [6.45, 7) is 6.82. The lowest BCUT2D eigenvalue weighted by Gasteiger charge is -2.44. The standard InChI is InChI=1S/C15H25N3O2/c1-14(2,12-16)18-9-7-17(8-10-18)13(19)11-15(20-3)5-4-6-15/h4-11H2,1-3H3. The monoisotopic (exact) mass is 279 g/mol. The van der Waals surface area contributed by atoms with Crippen LogP contribution in [-0.2, 0) is 9.53 Å². The molecule has 0 aromatic rings. The van der Waals surface area contributed by atoms with Crippen molar-refractivity contribution in [2.75, 3.05) is 33.3 Å². The zero-order chi connectivity index (χ0) is 14.8. The van der Waals surface area contributed by atoms with Crippen LogP contribution in [0.15, 0.2) is 0 Å². The highest BCUT2D eigenvalue weighted by molar-refractivity contribution is 5.77. The maximum absolute atomic E-state index is 12.4. The minimum atomic E-state index is -0.448. The van der Waals surface area contributed by atoms with E-state index >= 15 is 0 Å². The highest BCUT2D eigenvalue weighted by Gasteiger charge is 2.40. The van der Waals surface area contributed by atoms with Crippen molar-refractivity contribution >= 4 is 5.91 Å². The minimum Gasteiger partial charge on any atom is -0.378 e. The molecule has 1 saturated heterocycles. The largest absolute Gasteiger partial charge is 0.378 e. The summed E-state index contributed by atoms with van der Waals surface area (Å²) in [5, 5.41) is 9.16. The smallest absolute Gasteiger partial charge is 0.225 e. The first-order valence-corrected chi connectivity index (χ1v) is 7.42. The molecule has 0 atom stereocenters. The molecule has 0 unspecified atom stereocenters. The summed E-state index contributed by atoms with van der Waals surface area (Å²) < 4.78 is 5.53. The fourth-order valence-corrected chi connectivity index (χ4v) is 3.00. The number of methoxy groups -OCH3 is 1. The van der Waals surface area contributed by atoms with Crippen LogP contribution < -0.4 is 0 Å². The second-order valence-electron chi connectivity index (χ2n) is 6.46. The van der Waals surface area contributed by atoms with Gasteiger partial charge >= 0.3 is 0 Å². The van der Waals surface area contributed by atoms with Gasteiger partial charge in [0.2, 0.25) is 5.91 Å². The molecule has 1 amide bonds. The van der Waals surface area contributed by atoms with E-state index in [1.165, 1.54) is 0 Å². The van der Waals surface area contributed by atoms with Crippen molar-refractivity contribution in [2.45, 2.75) is 50.7 Å². The number of nitriles is 1. The van der Waals surface area contributed by atoms with E-state index in [2.05, 4.69) is 11.0 Å². The topological polar surface area (TPSA) is 56.6 Å². The van der Waals surface area contributed by atoms with E-state index in [4.69, 9.17) is 10.00 Å². The number of amides is 1. The van der Waals surface area contributed by atoms with Gasteiger partial charge in [-0.25, -0.2) is 0 Å². The highest BCUT2D eigenvalue weighted by Crippen LogP contribution is 2.38. The zero-order valence-corrected chi connectivity index (χ0v) is 12.8. The van der Waals surface area contributed by atoms with Gasteiger partial charge < -0.3 is 9.64 Å². The van der Waals surface area contributed by atoms with Crippen LogP contribution in [0.4, 0.5) is 0 Å². The van der Waals surface area contributed by atoms with Crippen LogP contribution in [0.2, 0.25) is 0 Å². The maximum Gasteiger partial charge on any atom is 0.225 e. The molecule has 0 bridgehead atoms. The first-order valence-electron chi connectivity index (χ1n) is 7.42. The molecule has 5 nitrogen and oxygen atoms in total. The van der Waals surface area contributed by atoms with Crippen molar-refractivity contribution in [3.63, 3.8) is 0 Å². The Kier molecular flexibility index (Phi) is 4.36. The number of hydrogen-bond donors (Lipinski definition) is 0. The van der Waals surface area contributed by atoms with Gasteiger partial charge in [0, 0.05) is 33.3 Å². The van der Waals surface area contributed by atoms with Gasteiger partial charge in [-0.1, -0.05) is 0 Å². The quantitative estimate of drug-likeness (QED) is 0.780. The van der Waals surface area contributed by atoms with Crippen LogP contribution in [0.5, 0.6) is 0 Å². The van der Waals surface area contributed by atoms with Gasteiger partial charge in [0.05, 0.1) is 18.1 Å². The summed E-state index contributed by atoms with van der Waals surface area (Å²) in [5.41, 5.74) is -0.642. The first kappa shape index (κ1) is 15.3. The van der Waals surface area contributed by atoms with Crippen LogP contribution in [0.25, 0.3) is 0 Å². The third-order valence-corrected chi connectivity index (χ3v) is 4.87. The molecular weight excluding hydrogens is 254 g/mol. The van der Waals surface area contributed by atoms with Gasteiger partial charge in [0.25, 0.3) is 0 Å². The van der Waals surface area contributed by atoms with E-state index in [0.29, 0.717) is 19.5 Å². The molecular formula is C15H25N3O2. The number of carbonyl (C=O) groups excluding carboxylic acids is 1. The molecule has 1 aliphatic carbocycles. The summed E-state index contributed by atoms with van der Waals surface area (Å²) >= 11 is 0. The van der Waals surface area contributed by atoms with Crippen LogP contribution >= 0.6 is 0 Å². The molecule has 20 heavy (non-hydrogen) atoms. The Morgan fingerprint density at radius 1 is 1.30 bits per heavy atom. The maximum atomic E-state index is 12.4. The van der Waals surface area contributed by atoms with Gasteiger partial charge in [-0.05, 0) is 33.1 Å². The van der Waals surface area contributed by atoms with E-state index in [-0.39, 0.29) is 11.5 Å². The summed E-state index contributed by atoms with van der Waals surface area (Å²) in [5.74, 6) is 0.195. The number of hydrogen-bond acceptors (Lipinski definition) is 4. The molecule has 2 rings (SSSR count). The first-order chi connectivity index (χ1) is 9.42. The van der Waals surface area contributed by atoms with Gasteiger partial charge in [-0.3, -0.25) is 9.69 Å². The van der Waals surface area contributed by atoms with Crippen molar-refractivity contribution in [3.05, 3.63) is 0 Å². The third kappa shape index (κ3) is 2.97. The minimum absolute atomic E-state index is 0.194. The van der Waals surface area contributed by atoms with Crippen molar-refractivity contribution in [1.29, 1.82) is 5.26 Å². The molecule has 1 heterocycles. The Hall–Kier alpha value is -1.12. The van der Waals surface area contributed by atoms with E-state index < -0.39 is 5.54 Å². The fraction of sp³-hybridized carbons (Fsp3) is 0.867. The van der Waals surface area contributed by atoms with Crippen LogP contribution in [0.1, 0.15) is 39.5 Å².